The Morgan fingerprint density at radius 1 is 0.938 bits per heavy atom. The van der Waals surface area contributed by atoms with Crippen molar-refractivity contribution < 1.29 is 8.78 Å². The predicted molar refractivity (Wildman–Crippen MR) is 60.7 cm³/mol. The molecule has 0 aliphatic rings. The summed E-state index contributed by atoms with van der Waals surface area (Å²) in [6.45, 7) is 0. The highest BCUT2D eigenvalue weighted by molar-refractivity contribution is 6.31. The highest BCUT2D eigenvalue weighted by Gasteiger charge is 2.11. The molecule has 0 aromatic heterocycles. The smallest absolute Gasteiger partial charge is 0.131 e. The summed E-state index contributed by atoms with van der Waals surface area (Å²) in [7, 11) is 0. The molecule has 81 valence electrons. The molecule has 0 heterocycles. The van der Waals surface area contributed by atoms with Crippen molar-refractivity contribution in [3.8, 4) is 11.1 Å². The van der Waals surface area contributed by atoms with Crippen LogP contribution in [-0.2, 0) is 0 Å². The van der Waals surface area contributed by atoms with Crippen molar-refractivity contribution in [2.75, 3.05) is 0 Å². The fourth-order valence-corrected chi connectivity index (χ4v) is 1.69. The van der Waals surface area contributed by atoms with Crippen LogP contribution < -0.4 is 0 Å². The average Bonchev–Trinajstić information content (AvgIpc) is 2.25. The summed E-state index contributed by atoms with van der Waals surface area (Å²) in [4.78, 5) is 0. The van der Waals surface area contributed by atoms with Crippen LogP contribution in [0.5, 0.6) is 0 Å². The van der Waals surface area contributed by atoms with Gasteiger partial charge in [0.2, 0.25) is 0 Å². The third-order valence-corrected chi connectivity index (χ3v) is 2.54. The Morgan fingerprint density at radius 2 is 1.62 bits per heavy atom. The van der Waals surface area contributed by atoms with Gasteiger partial charge >= 0.3 is 0 Å². The molecule has 0 amide bonds. The predicted octanol–water partition coefficient (Wildman–Crippen LogP) is 4.74. The molecule has 2 aromatic rings. The van der Waals surface area contributed by atoms with Gasteiger partial charge in [0.1, 0.15) is 11.6 Å². The molecule has 0 saturated carbocycles. The van der Waals surface area contributed by atoms with E-state index in [1.807, 2.05) is 0 Å². The molecule has 2 aromatic carbocycles. The Hall–Kier alpha value is -1.12. The Bertz CT molecular complexity index is 489. The van der Waals surface area contributed by atoms with Crippen molar-refractivity contribution in [1.82, 2.24) is 0 Å². The normalized spacial score (nSPS) is 10.5. The van der Waals surface area contributed by atoms with Gasteiger partial charge in [-0.1, -0.05) is 23.2 Å². The van der Waals surface area contributed by atoms with Gasteiger partial charge in [-0.2, -0.15) is 0 Å². The molecule has 0 aliphatic heterocycles. The minimum Gasteiger partial charge on any atom is -0.206 e. The molecule has 0 bridgehead atoms. The van der Waals surface area contributed by atoms with E-state index in [4.69, 9.17) is 23.2 Å². The van der Waals surface area contributed by atoms with Crippen LogP contribution in [0.4, 0.5) is 8.78 Å². The lowest BCUT2D eigenvalue weighted by molar-refractivity contribution is 0.616. The highest BCUT2D eigenvalue weighted by atomic mass is 35.5. The third kappa shape index (κ3) is 2.18. The highest BCUT2D eigenvalue weighted by Crippen LogP contribution is 2.29. The number of rotatable bonds is 1. The number of benzene rings is 2. The summed E-state index contributed by atoms with van der Waals surface area (Å²) >= 11 is 11.4. The van der Waals surface area contributed by atoms with Crippen LogP contribution in [0.15, 0.2) is 30.3 Å². The Balaban J connectivity index is 2.66. The van der Waals surface area contributed by atoms with Gasteiger partial charge in [0.05, 0.1) is 0 Å². The molecular formula is C12H5Cl2F2. The van der Waals surface area contributed by atoms with Crippen molar-refractivity contribution in [2.24, 2.45) is 0 Å². The first-order chi connectivity index (χ1) is 7.58. The van der Waals surface area contributed by atoms with Gasteiger partial charge in [-0.15, -0.1) is 0 Å². The summed E-state index contributed by atoms with van der Waals surface area (Å²) in [6.07, 6.45) is 0. The maximum absolute atomic E-state index is 13.5. The molecule has 0 fully saturated rings. The first-order valence-corrected chi connectivity index (χ1v) is 5.15. The number of hydrogen-bond acceptors (Lipinski definition) is 0. The lowest BCUT2D eigenvalue weighted by Gasteiger charge is -2.05. The van der Waals surface area contributed by atoms with Gasteiger partial charge < -0.3 is 0 Å². The van der Waals surface area contributed by atoms with Crippen molar-refractivity contribution in [1.29, 1.82) is 0 Å². The number of halogens is 4. The first kappa shape index (κ1) is 11.4. The van der Waals surface area contributed by atoms with Crippen LogP contribution in [0.2, 0.25) is 10.0 Å². The number of hydrogen-bond donors (Lipinski definition) is 0. The average molecular weight is 258 g/mol. The summed E-state index contributed by atoms with van der Waals surface area (Å²) in [5.41, 5.74) is 0.157. The third-order valence-electron chi connectivity index (χ3n) is 2.08. The SMILES string of the molecule is Fc1c[c]c(Cl)cc1-c1cc(Cl)ccc1F. The lowest BCUT2D eigenvalue weighted by atomic mass is 10.0. The van der Waals surface area contributed by atoms with E-state index < -0.39 is 11.6 Å². The summed E-state index contributed by atoms with van der Waals surface area (Å²) in [5.74, 6) is -1.14. The van der Waals surface area contributed by atoms with E-state index in [1.165, 1.54) is 24.3 Å². The monoisotopic (exact) mass is 257 g/mol. The van der Waals surface area contributed by atoms with Crippen molar-refractivity contribution in [3.05, 3.63) is 58.1 Å². The van der Waals surface area contributed by atoms with Crippen LogP contribution in [0.3, 0.4) is 0 Å². The maximum Gasteiger partial charge on any atom is 0.131 e. The zero-order valence-corrected chi connectivity index (χ0v) is 9.41. The lowest BCUT2D eigenvalue weighted by Crippen LogP contribution is -1.88. The van der Waals surface area contributed by atoms with Gasteiger partial charge in [0, 0.05) is 27.2 Å². The van der Waals surface area contributed by atoms with E-state index in [-0.39, 0.29) is 16.1 Å². The largest absolute Gasteiger partial charge is 0.206 e. The van der Waals surface area contributed by atoms with Crippen LogP contribution in [-0.4, -0.2) is 0 Å². The Kier molecular flexibility index (Phi) is 3.13. The topological polar surface area (TPSA) is 0 Å². The molecule has 0 unspecified atom stereocenters. The van der Waals surface area contributed by atoms with Crippen molar-refractivity contribution in [2.45, 2.75) is 0 Å². The summed E-state index contributed by atoms with van der Waals surface area (Å²) in [5, 5.41) is 0.551. The second-order valence-electron chi connectivity index (χ2n) is 3.17. The molecular weight excluding hydrogens is 253 g/mol. The molecule has 1 radical (unpaired) electrons. The minimum absolute atomic E-state index is 0.0729. The van der Waals surface area contributed by atoms with E-state index in [0.717, 1.165) is 6.07 Å². The van der Waals surface area contributed by atoms with Crippen molar-refractivity contribution in [3.63, 3.8) is 0 Å². The van der Waals surface area contributed by atoms with Crippen LogP contribution in [0, 0.1) is 17.7 Å². The van der Waals surface area contributed by atoms with E-state index in [9.17, 15) is 8.78 Å². The van der Waals surface area contributed by atoms with E-state index in [0.29, 0.717) is 5.02 Å². The van der Waals surface area contributed by atoms with Gasteiger partial charge in [0.25, 0.3) is 0 Å². The second-order valence-corrected chi connectivity index (χ2v) is 4.01. The molecule has 0 spiro atoms. The Morgan fingerprint density at radius 3 is 2.38 bits per heavy atom. The molecule has 0 nitrogen and oxygen atoms in total. The van der Waals surface area contributed by atoms with E-state index in [2.05, 4.69) is 6.07 Å². The van der Waals surface area contributed by atoms with Crippen LogP contribution >= 0.6 is 23.2 Å². The fourth-order valence-electron chi connectivity index (χ4n) is 1.36. The van der Waals surface area contributed by atoms with Crippen molar-refractivity contribution >= 4 is 23.2 Å². The molecule has 4 heteroatoms. The van der Waals surface area contributed by atoms with E-state index in [1.54, 1.807) is 0 Å². The maximum atomic E-state index is 13.5. The van der Waals surface area contributed by atoms with Gasteiger partial charge in [-0.05, 0) is 30.3 Å². The molecule has 0 saturated heterocycles. The van der Waals surface area contributed by atoms with Crippen LogP contribution in [0.25, 0.3) is 11.1 Å². The zero-order chi connectivity index (χ0) is 11.7. The summed E-state index contributed by atoms with van der Waals surface area (Å²) < 4.78 is 27.0. The Labute approximate surface area is 101 Å². The molecule has 0 aliphatic carbocycles. The van der Waals surface area contributed by atoms with Crippen LogP contribution in [0.1, 0.15) is 0 Å². The fraction of sp³-hybridized carbons (Fsp3) is 0. The van der Waals surface area contributed by atoms with Gasteiger partial charge in [-0.25, -0.2) is 8.78 Å². The van der Waals surface area contributed by atoms with E-state index >= 15 is 0 Å². The van der Waals surface area contributed by atoms with Gasteiger partial charge in [-0.3, -0.25) is 0 Å². The molecule has 2 rings (SSSR count). The second kappa shape index (κ2) is 4.40. The minimum atomic E-state index is -0.592. The molecule has 0 N–H and O–H groups in total. The molecule has 0 atom stereocenters. The summed E-state index contributed by atoms with van der Waals surface area (Å²) in [6, 6.07) is 8.79. The van der Waals surface area contributed by atoms with Gasteiger partial charge in [0.15, 0.2) is 0 Å². The molecule has 16 heavy (non-hydrogen) atoms. The quantitative estimate of drug-likeness (QED) is 0.693. The first-order valence-electron chi connectivity index (χ1n) is 4.40. The zero-order valence-electron chi connectivity index (χ0n) is 7.90. The standard InChI is InChI=1S/C12H5Cl2F2/c13-7-1-3-11(15)9(5-7)10-6-8(14)2-4-12(10)16/h1,3-6H.